The molecule has 0 aromatic heterocycles. The molecule has 1 amide bonds. The second-order valence-corrected chi connectivity index (χ2v) is 4.82. The van der Waals surface area contributed by atoms with Crippen molar-refractivity contribution in [1.29, 1.82) is 0 Å². The molecule has 0 fully saturated rings. The molecule has 1 aromatic carbocycles. The largest absolute Gasteiger partial charge is 0.383 e. The number of hydrogen-bond acceptors (Lipinski definition) is 5. The van der Waals surface area contributed by atoms with E-state index in [0.29, 0.717) is 11.5 Å². The van der Waals surface area contributed by atoms with E-state index in [0.717, 1.165) is 0 Å². The lowest BCUT2D eigenvalue weighted by molar-refractivity contribution is -0.387. The van der Waals surface area contributed by atoms with Gasteiger partial charge >= 0.3 is 0 Å². The minimum Gasteiger partial charge on any atom is -0.383 e. The molecule has 1 aromatic rings. The Morgan fingerprint density at radius 2 is 2.26 bits per heavy atom. The van der Waals surface area contributed by atoms with Gasteiger partial charge in [-0.05, 0) is 25.3 Å². The monoisotopic (exact) mass is 284 g/mol. The van der Waals surface area contributed by atoms with Gasteiger partial charge in [-0.2, -0.15) is 0 Å². The zero-order valence-corrected chi connectivity index (χ0v) is 11.8. The quantitative estimate of drug-likeness (QED) is 0.491. The Labute approximate surface area is 115 Å². The van der Waals surface area contributed by atoms with E-state index in [1.165, 1.54) is 17.8 Å². The number of carbonyl (C=O) groups is 1. The number of hydrogen-bond donors (Lipinski definition) is 1. The first kappa shape index (κ1) is 15.5. The lowest BCUT2D eigenvalue weighted by Crippen LogP contribution is -2.35. The van der Waals surface area contributed by atoms with Gasteiger partial charge in [0, 0.05) is 24.8 Å². The number of rotatable bonds is 6. The highest BCUT2D eigenvalue weighted by Gasteiger charge is 2.17. The predicted octanol–water partition coefficient (Wildman–Crippen LogP) is 2.08. The number of nitrogens with zero attached hydrogens (tertiary/aromatic N) is 1. The van der Waals surface area contributed by atoms with Crippen LogP contribution in [-0.2, 0) is 4.74 Å². The van der Waals surface area contributed by atoms with Crippen molar-refractivity contribution in [2.75, 3.05) is 20.0 Å². The number of carbonyl (C=O) groups excluding carboxylic acids is 1. The average Bonchev–Trinajstić information content (AvgIpc) is 2.37. The van der Waals surface area contributed by atoms with Gasteiger partial charge < -0.3 is 10.1 Å². The predicted molar refractivity (Wildman–Crippen MR) is 73.7 cm³/mol. The van der Waals surface area contributed by atoms with Crippen LogP contribution in [0.5, 0.6) is 0 Å². The maximum Gasteiger partial charge on any atom is 0.283 e. The summed E-state index contributed by atoms with van der Waals surface area (Å²) in [5.74, 6) is -0.347. The van der Waals surface area contributed by atoms with E-state index in [1.54, 1.807) is 32.4 Å². The van der Waals surface area contributed by atoms with Gasteiger partial charge in [0.15, 0.2) is 0 Å². The summed E-state index contributed by atoms with van der Waals surface area (Å²) in [4.78, 5) is 22.9. The summed E-state index contributed by atoms with van der Waals surface area (Å²) in [5.41, 5.74) is 0.215. The van der Waals surface area contributed by atoms with E-state index >= 15 is 0 Å². The van der Waals surface area contributed by atoms with Gasteiger partial charge in [-0.25, -0.2) is 0 Å². The summed E-state index contributed by atoms with van der Waals surface area (Å²) in [6.07, 6.45) is 1.75. The first-order valence-electron chi connectivity index (χ1n) is 5.61. The van der Waals surface area contributed by atoms with Gasteiger partial charge in [0.05, 0.1) is 16.4 Å². The molecule has 7 heteroatoms. The van der Waals surface area contributed by atoms with Crippen molar-refractivity contribution in [2.45, 2.75) is 17.9 Å². The van der Waals surface area contributed by atoms with Gasteiger partial charge in [0.2, 0.25) is 0 Å². The van der Waals surface area contributed by atoms with Gasteiger partial charge in [0.25, 0.3) is 11.6 Å². The molecular weight excluding hydrogens is 268 g/mol. The molecule has 0 bridgehead atoms. The van der Waals surface area contributed by atoms with E-state index in [2.05, 4.69) is 5.32 Å². The fraction of sp³-hybridized carbons (Fsp3) is 0.417. The van der Waals surface area contributed by atoms with E-state index in [4.69, 9.17) is 4.74 Å². The number of amides is 1. The molecule has 1 atom stereocenters. The molecule has 0 aliphatic heterocycles. The first-order valence-corrected chi connectivity index (χ1v) is 6.84. The van der Waals surface area contributed by atoms with Crippen LogP contribution in [0.25, 0.3) is 0 Å². The van der Waals surface area contributed by atoms with Crippen LogP contribution in [0.15, 0.2) is 23.1 Å². The molecule has 1 rings (SSSR count). The second-order valence-electron chi connectivity index (χ2n) is 3.97. The first-order chi connectivity index (χ1) is 8.99. The lowest BCUT2D eigenvalue weighted by atomic mass is 10.2. The topological polar surface area (TPSA) is 81.5 Å². The van der Waals surface area contributed by atoms with Crippen LogP contribution < -0.4 is 5.32 Å². The van der Waals surface area contributed by atoms with Crippen LogP contribution in [0.1, 0.15) is 17.3 Å². The summed E-state index contributed by atoms with van der Waals surface area (Å²) in [6, 6.07) is 4.30. The molecule has 0 aliphatic rings. The minimum absolute atomic E-state index is 0.0560. The van der Waals surface area contributed by atoms with Crippen molar-refractivity contribution in [3.8, 4) is 0 Å². The maximum absolute atomic E-state index is 11.9. The minimum atomic E-state index is -0.485. The molecule has 0 spiro atoms. The summed E-state index contributed by atoms with van der Waals surface area (Å²) < 4.78 is 4.91. The molecule has 19 heavy (non-hydrogen) atoms. The summed E-state index contributed by atoms with van der Waals surface area (Å²) in [6.45, 7) is 2.18. The fourth-order valence-corrected chi connectivity index (χ4v) is 2.12. The molecule has 104 valence electrons. The van der Waals surface area contributed by atoms with Crippen molar-refractivity contribution in [2.24, 2.45) is 0 Å². The van der Waals surface area contributed by atoms with Crippen LogP contribution in [0.2, 0.25) is 0 Å². The lowest BCUT2D eigenvalue weighted by Gasteiger charge is -2.12. The van der Waals surface area contributed by atoms with Crippen LogP contribution in [-0.4, -0.2) is 36.8 Å². The van der Waals surface area contributed by atoms with Gasteiger partial charge in [-0.3, -0.25) is 14.9 Å². The highest BCUT2D eigenvalue weighted by atomic mass is 32.2. The Balaban J connectivity index is 2.92. The molecule has 1 N–H and O–H groups in total. The standard InChI is InChI=1S/C12H16N2O4S/c1-8(7-18-2)13-12(15)9-4-5-11(19-3)10(6-9)14(16)17/h4-6,8H,7H2,1-3H3,(H,13,15)/t8-/m1/s1. The number of thioether (sulfide) groups is 1. The molecule has 0 radical (unpaired) electrons. The third kappa shape index (κ3) is 4.22. The zero-order chi connectivity index (χ0) is 14.4. The summed E-state index contributed by atoms with van der Waals surface area (Å²) in [5, 5.41) is 13.6. The third-order valence-electron chi connectivity index (χ3n) is 2.43. The Kier molecular flexibility index (Phi) is 5.78. The summed E-state index contributed by atoms with van der Waals surface area (Å²) >= 11 is 1.27. The van der Waals surface area contributed by atoms with E-state index < -0.39 is 4.92 Å². The Morgan fingerprint density at radius 3 is 2.79 bits per heavy atom. The number of nitro groups is 1. The maximum atomic E-state index is 11.9. The molecular formula is C12H16N2O4S. The molecule has 0 saturated carbocycles. The number of ether oxygens (including phenoxy) is 1. The Hall–Kier alpha value is -1.60. The second kappa shape index (κ2) is 7.10. The number of benzene rings is 1. The summed E-state index contributed by atoms with van der Waals surface area (Å²) in [7, 11) is 1.54. The van der Waals surface area contributed by atoms with Crippen LogP contribution >= 0.6 is 11.8 Å². The van der Waals surface area contributed by atoms with Crippen molar-refractivity contribution >= 4 is 23.4 Å². The molecule has 0 heterocycles. The zero-order valence-electron chi connectivity index (χ0n) is 11.0. The highest BCUT2D eigenvalue weighted by Crippen LogP contribution is 2.28. The van der Waals surface area contributed by atoms with E-state index in [1.807, 2.05) is 0 Å². The van der Waals surface area contributed by atoms with Crippen molar-refractivity contribution in [1.82, 2.24) is 5.32 Å². The van der Waals surface area contributed by atoms with Gasteiger partial charge in [-0.15, -0.1) is 11.8 Å². The average molecular weight is 284 g/mol. The number of nitrogens with one attached hydrogen (secondary N) is 1. The Bertz CT molecular complexity index is 479. The molecule has 0 aliphatic carbocycles. The van der Waals surface area contributed by atoms with Gasteiger partial charge in [0.1, 0.15) is 0 Å². The number of methoxy groups -OCH3 is 1. The molecule has 0 saturated heterocycles. The van der Waals surface area contributed by atoms with Crippen LogP contribution in [0, 0.1) is 10.1 Å². The normalized spacial score (nSPS) is 11.9. The van der Waals surface area contributed by atoms with Gasteiger partial charge in [-0.1, -0.05) is 0 Å². The van der Waals surface area contributed by atoms with E-state index in [-0.39, 0.29) is 23.2 Å². The fourth-order valence-electron chi connectivity index (χ4n) is 1.57. The van der Waals surface area contributed by atoms with Crippen LogP contribution in [0.3, 0.4) is 0 Å². The smallest absolute Gasteiger partial charge is 0.283 e. The molecule has 6 nitrogen and oxygen atoms in total. The SMILES string of the molecule is COC[C@@H](C)NC(=O)c1ccc(SC)c([N+](=O)[O-])c1. The van der Waals surface area contributed by atoms with Crippen LogP contribution in [0.4, 0.5) is 5.69 Å². The van der Waals surface area contributed by atoms with Crippen molar-refractivity contribution in [3.63, 3.8) is 0 Å². The van der Waals surface area contributed by atoms with Crippen molar-refractivity contribution < 1.29 is 14.5 Å². The molecule has 0 unspecified atom stereocenters. The Morgan fingerprint density at radius 1 is 1.58 bits per heavy atom. The van der Waals surface area contributed by atoms with Crippen molar-refractivity contribution in [3.05, 3.63) is 33.9 Å². The number of nitro benzene ring substituents is 1. The highest BCUT2D eigenvalue weighted by molar-refractivity contribution is 7.98. The third-order valence-corrected chi connectivity index (χ3v) is 3.22. The van der Waals surface area contributed by atoms with E-state index in [9.17, 15) is 14.9 Å².